The van der Waals surface area contributed by atoms with Gasteiger partial charge in [0.15, 0.2) is 0 Å². The highest BCUT2D eigenvalue weighted by Gasteiger charge is 2.48. The van der Waals surface area contributed by atoms with Gasteiger partial charge in [-0.15, -0.1) is 18.3 Å². The number of hydrogen-bond acceptors (Lipinski definition) is 7. The number of alkyl halides is 3. The Morgan fingerprint density at radius 1 is 1.33 bits per heavy atom. The molecule has 30 heavy (non-hydrogen) atoms. The van der Waals surface area contributed by atoms with Gasteiger partial charge < -0.3 is 10.1 Å². The molecule has 3 atom stereocenters. The van der Waals surface area contributed by atoms with E-state index in [1.165, 1.54) is 8.82 Å². The lowest BCUT2D eigenvalue weighted by molar-refractivity contribution is -0.277. The first-order valence-corrected chi connectivity index (χ1v) is 11.0. The summed E-state index contributed by atoms with van der Waals surface area (Å²) in [6.45, 7) is 4.70. The number of fused-ring (bicyclic) bond motifs is 3. The lowest BCUT2D eigenvalue weighted by Gasteiger charge is -2.29. The van der Waals surface area contributed by atoms with Crippen molar-refractivity contribution >= 4 is 21.8 Å². The summed E-state index contributed by atoms with van der Waals surface area (Å²) < 4.78 is 67.2. The summed E-state index contributed by atoms with van der Waals surface area (Å²) in [4.78, 5) is 7.98. The zero-order valence-corrected chi connectivity index (χ0v) is 17.1. The van der Waals surface area contributed by atoms with Crippen LogP contribution < -0.4 is 15.2 Å². The van der Waals surface area contributed by atoms with Gasteiger partial charge in [0.05, 0.1) is 5.69 Å². The molecular weight excluding hydrogens is 427 g/mol. The molecule has 4 rings (SSSR count). The Morgan fingerprint density at radius 2 is 2.07 bits per heavy atom. The third-order valence-corrected chi connectivity index (χ3v) is 6.72. The maximum absolute atomic E-state index is 12.5. The van der Waals surface area contributed by atoms with E-state index in [4.69, 9.17) is 5.14 Å². The molecule has 0 radical (unpaired) electrons. The monoisotopic (exact) mass is 449 g/mol. The van der Waals surface area contributed by atoms with Crippen molar-refractivity contribution in [2.45, 2.75) is 45.0 Å². The lowest BCUT2D eigenvalue weighted by Crippen LogP contribution is -2.44. The van der Waals surface area contributed by atoms with Crippen molar-refractivity contribution in [3.05, 3.63) is 11.8 Å². The van der Waals surface area contributed by atoms with Gasteiger partial charge in [0.25, 0.3) is 16.0 Å². The summed E-state index contributed by atoms with van der Waals surface area (Å²) in [5.74, 6) is 0.830. The van der Waals surface area contributed by atoms with Gasteiger partial charge in [-0.25, -0.2) is 10.1 Å². The van der Waals surface area contributed by atoms with Crippen molar-refractivity contribution in [1.29, 1.82) is 0 Å². The first-order chi connectivity index (χ1) is 13.9. The van der Waals surface area contributed by atoms with Gasteiger partial charge in [0, 0.05) is 25.2 Å². The number of hydrogen-bond donors (Lipinski definition) is 2. The van der Waals surface area contributed by atoms with Crippen molar-refractivity contribution in [2.24, 2.45) is 17.0 Å². The van der Waals surface area contributed by atoms with Crippen molar-refractivity contribution in [1.82, 2.24) is 23.9 Å². The molecule has 3 heterocycles. The number of rotatable bonds is 6. The number of halogens is 3. The van der Waals surface area contributed by atoms with Crippen LogP contribution in [0.2, 0.25) is 0 Å². The van der Waals surface area contributed by atoms with Crippen molar-refractivity contribution in [3.8, 4) is 6.01 Å². The van der Waals surface area contributed by atoms with Crippen LogP contribution in [0.5, 0.6) is 6.01 Å². The summed E-state index contributed by atoms with van der Waals surface area (Å²) >= 11 is 0. The van der Waals surface area contributed by atoms with Crippen LogP contribution in [-0.2, 0) is 10.2 Å². The lowest BCUT2D eigenvalue weighted by atomic mass is 9.95. The minimum atomic E-state index is -4.91. The normalized spacial score (nSPS) is 24.8. The van der Waals surface area contributed by atoms with Gasteiger partial charge in [-0.3, -0.25) is 0 Å². The molecule has 3 N–H and O–H groups in total. The smallest absolute Gasteiger partial charge is 0.370 e. The summed E-state index contributed by atoms with van der Waals surface area (Å²) in [7, 11) is -3.70. The van der Waals surface area contributed by atoms with Crippen LogP contribution in [0.4, 0.5) is 19.0 Å². The van der Waals surface area contributed by atoms with E-state index >= 15 is 0 Å². The second-order valence-corrected chi connectivity index (χ2v) is 9.51. The number of nitrogens with two attached hydrogens (primary N) is 1. The molecule has 0 amide bonds. The molecule has 0 aromatic carbocycles. The highest BCUT2D eigenvalue weighted by molar-refractivity contribution is 7.86. The van der Waals surface area contributed by atoms with E-state index in [-0.39, 0.29) is 29.6 Å². The van der Waals surface area contributed by atoms with Gasteiger partial charge in [-0.05, 0) is 30.6 Å². The molecule has 0 spiro atoms. The quantitative estimate of drug-likeness (QED) is 0.684. The Balaban J connectivity index is 1.54. The number of ether oxygens (including phenoxy) is 1. The molecule has 2 bridgehead atoms. The fourth-order valence-electron chi connectivity index (χ4n) is 4.25. The third-order valence-electron chi connectivity index (χ3n) is 5.62. The van der Waals surface area contributed by atoms with Crippen LogP contribution in [0.3, 0.4) is 0 Å². The van der Waals surface area contributed by atoms with Gasteiger partial charge in [0.2, 0.25) is 0 Å². The van der Waals surface area contributed by atoms with E-state index in [1.54, 1.807) is 6.07 Å². The van der Waals surface area contributed by atoms with Crippen LogP contribution in [0.1, 0.15) is 38.3 Å². The van der Waals surface area contributed by atoms with Crippen LogP contribution in [0, 0.1) is 11.8 Å². The van der Waals surface area contributed by atoms with E-state index < -0.39 is 22.6 Å². The molecule has 2 aliphatic rings. The van der Waals surface area contributed by atoms with Gasteiger partial charge in [-0.2, -0.15) is 22.2 Å². The Labute approximate surface area is 170 Å². The maximum Gasteiger partial charge on any atom is 0.575 e. The molecule has 1 saturated heterocycles. The second-order valence-electron chi connectivity index (χ2n) is 8.02. The Kier molecular flexibility index (Phi) is 5.05. The van der Waals surface area contributed by atoms with E-state index in [0.29, 0.717) is 31.0 Å². The standard InChI is InChI=1S/C16H22F3N7O3S/c1-8(2)12-5-13(26-14(22-12)23-15(24-26)29-16(17,18)19)21-6-9-3-11-4-10(9)7-25(11)30(20,27)28/h5,8-11,21H,3-4,6-7H2,1-2H3,(H2,20,27,28)/t9-,10?,11?/m0/s1. The fourth-order valence-corrected chi connectivity index (χ4v) is 5.24. The van der Waals surface area contributed by atoms with Crippen molar-refractivity contribution < 1.29 is 26.3 Å². The van der Waals surface area contributed by atoms with Crippen LogP contribution in [0.25, 0.3) is 5.78 Å². The van der Waals surface area contributed by atoms with Crippen LogP contribution in [-0.4, -0.2) is 57.8 Å². The third kappa shape index (κ3) is 4.16. The molecule has 2 fully saturated rings. The van der Waals surface area contributed by atoms with Crippen LogP contribution in [0.15, 0.2) is 6.07 Å². The topological polar surface area (TPSA) is 128 Å². The Bertz CT molecular complexity index is 1060. The van der Waals surface area contributed by atoms with Gasteiger partial charge >= 0.3 is 12.4 Å². The first-order valence-electron chi connectivity index (χ1n) is 9.47. The molecule has 2 unspecified atom stereocenters. The number of piperidine rings is 1. The molecule has 1 aliphatic carbocycles. The number of aromatic nitrogens is 4. The zero-order valence-electron chi connectivity index (χ0n) is 16.3. The maximum atomic E-state index is 12.5. The predicted octanol–water partition coefficient (Wildman–Crippen LogP) is 1.47. The van der Waals surface area contributed by atoms with Crippen molar-refractivity contribution in [2.75, 3.05) is 18.4 Å². The van der Waals surface area contributed by atoms with Crippen molar-refractivity contribution in [3.63, 3.8) is 0 Å². The predicted molar refractivity (Wildman–Crippen MR) is 99.9 cm³/mol. The summed E-state index contributed by atoms with van der Waals surface area (Å²) in [6, 6.07) is 0.773. The molecule has 14 heteroatoms. The highest BCUT2D eigenvalue weighted by Crippen LogP contribution is 2.42. The largest absolute Gasteiger partial charge is 0.575 e. The second kappa shape index (κ2) is 7.20. The minimum Gasteiger partial charge on any atom is -0.370 e. The molecule has 2 aromatic heterocycles. The van der Waals surface area contributed by atoms with E-state index in [2.05, 4.69) is 25.1 Å². The zero-order chi connectivity index (χ0) is 21.8. The summed E-state index contributed by atoms with van der Waals surface area (Å²) in [5, 5.41) is 12.3. The number of anilines is 1. The van der Waals surface area contributed by atoms with Gasteiger partial charge in [0.1, 0.15) is 5.82 Å². The fraction of sp³-hybridized carbons (Fsp3) is 0.688. The van der Waals surface area contributed by atoms with E-state index in [9.17, 15) is 21.6 Å². The molecule has 166 valence electrons. The first kappa shape index (κ1) is 21.1. The highest BCUT2D eigenvalue weighted by atomic mass is 32.2. The average Bonchev–Trinajstić information content (AvgIpc) is 3.30. The van der Waals surface area contributed by atoms with E-state index in [0.717, 1.165) is 6.42 Å². The Morgan fingerprint density at radius 3 is 2.63 bits per heavy atom. The SMILES string of the molecule is CC(C)c1cc(NC[C@@H]2CC3CC2CN3S(N)(=O)=O)n2nc(OC(F)(F)F)nc2n1. The molecule has 1 saturated carbocycles. The number of nitrogens with one attached hydrogen (secondary N) is 1. The Hall–Kier alpha value is -2.19. The number of nitrogens with zero attached hydrogens (tertiary/aromatic N) is 5. The van der Waals surface area contributed by atoms with Crippen LogP contribution >= 0.6 is 0 Å². The molecule has 2 aromatic rings. The molecule has 1 aliphatic heterocycles. The van der Waals surface area contributed by atoms with E-state index in [1.807, 2.05) is 13.8 Å². The van der Waals surface area contributed by atoms with Gasteiger partial charge in [-0.1, -0.05) is 13.8 Å². The molecule has 10 nitrogen and oxygen atoms in total. The summed E-state index contributed by atoms with van der Waals surface area (Å²) in [6.07, 6.45) is -3.49. The molecular formula is C16H22F3N7O3S. The average molecular weight is 449 g/mol. The summed E-state index contributed by atoms with van der Waals surface area (Å²) in [5.41, 5.74) is 0.643. The minimum absolute atomic E-state index is 0.00343.